The van der Waals surface area contributed by atoms with Gasteiger partial charge in [-0.1, -0.05) is 0 Å². The molecule has 3 nitrogen and oxygen atoms in total. The van der Waals surface area contributed by atoms with E-state index in [1.165, 1.54) is 11.1 Å². The molecule has 16 heavy (non-hydrogen) atoms. The largest absolute Gasteiger partial charge is 0.496 e. The van der Waals surface area contributed by atoms with Crippen LogP contribution in [0.4, 0.5) is 0 Å². The predicted molar refractivity (Wildman–Crippen MR) is 64.2 cm³/mol. The Hall–Kier alpha value is -1.22. The van der Waals surface area contributed by atoms with Gasteiger partial charge in [0.2, 0.25) is 0 Å². The Morgan fingerprint density at radius 3 is 3.00 bits per heavy atom. The molecule has 2 rings (SSSR count). The molecule has 0 bridgehead atoms. The van der Waals surface area contributed by atoms with Crippen molar-refractivity contribution in [3.63, 3.8) is 0 Å². The lowest BCUT2D eigenvalue weighted by Gasteiger charge is -2.10. The zero-order valence-corrected chi connectivity index (χ0v) is 9.79. The first-order valence-electron chi connectivity index (χ1n) is 5.88. The van der Waals surface area contributed by atoms with E-state index in [0.29, 0.717) is 0 Å². The molecule has 88 valence electrons. The van der Waals surface area contributed by atoms with Gasteiger partial charge in [-0.2, -0.15) is 0 Å². The van der Waals surface area contributed by atoms with Gasteiger partial charge in [0, 0.05) is 12.5 Å². The number of nitrogens with two attached hydrogens (primary N) is 1. The van der Waals surface area contributed by atoms with E-state index in [2.05, 4.69) is 6.07 Å². The van der Waals surface area contributed by atoms with Gasteiger partial charge >= 0.3 is 0 Å². The van der Waals surface area contributed by atoms with Crippen LogP contribution in [0.1, 0.15) is 24.0 Å². The molecule has 2 N–H and O–H groups in total. The second-order valence-electron chi connectivity index (χ2n) is 4.12. The molecule has 0 saturated carbocycles. The maximum absolute atomic E-state index is 5.52. The average molecular weight is 221 g/mol. The maximum atomic E-state index is 5.52. The van der Waals surface area contributed by atoms with Crippen molar-refractivity contribution < 1.29 is 9.47 Å². The highest BCUT2D eigenvalue weighted by Crippen LogP contribution is 2.33. The monoisotopic (exact) mass is 221 g/mol. The van der Waals surface area contributed by atoms with Crippen LogP contribution >= 0.6 is 0 Å². The Bertz CT molecular complexity index is 363. The van der Waals surface area contributed by atoms with Gasteiger partial charge in [-0.05, 0) is 43.0 Å². The van der Waals surface area contributed by atoms with E-state index in [-0.39, 0.29) is 0 Å². The average Bonchev–Trinajstić information content (AvgIpc) is 2.75. The summed E-state index contributed by atoms with van der Waals surface area (Å²) in [5, 5.41) is 0. The van der Waals surface area contributed by atoms with Crippen LogP contribution in [-0.4, -0.2) is 20.3 Å². The van der Waals surface area contributed by atoms with Gasteiger partial charge in [-0.15, -0.1) is 0 Å². The number of hydrogen-bond acceptors (Lipinski definition) is 3. The summed E-state index contributed by atoms with van der Waals surface area (Å²) in [7, 11) is 1.71. The minimum absolute atomic E-state index is 0.760. The van der Waals surface area contributed by atoms with Crippen LogP contribution in [-0.2, 0) is 12.8 Å². The summed E-state index contributed by atoms with van der Waals surface area (Å²) in [6.07, 6.45) is 4.24. The molecule has 1 aromatic rings. The van der Waals surface area contributed by atoms with Crippen molar-refractivity contribution >= 4 is 0 Å². The van der Waals surface area contributed by atoms with Crippen molar-refractivity contribution in [3.05, 3.63) is 23.3 Å². The third-order valence-electron chi connectivity index (χ3n) is 2.99. The van der Waals surface area contributed by atoms with Crippen molar-refractivity contribution in [3.8, 4) is 11.5 Å². The number of unbranched alkanes of at least 4 members (excludes halogenated alkanes) is 1. The summed E-state index contributed by atoms with van der Waals surface area (Å²) in [5.74, 6) is 1.93. The van der Waals surface area contributed by atoms with Crippen molar-refractivity contribution in [2.24, 2.45) is 5.73 Å². The van der Waals surface area contributed by atoms with E-state index in [9.17, 15) is 0 Å². The summed E-state index contributed by atoms with van der Waals surface area (Å²) < 4.78 is 10.9. The molecule has 1 aromatic carbocycles. The molecule has 3 heteroatoms. The van der Waals surface area contributed by atoms with Crippen LogP contribution in [0.2, 0.25) is 0 Å². The van der Waals surface area contributed by atoms with Gasteiger partial charge in [-0.3, -0.25) is 0 Å². The Kier molecular flexibility index (Phi) is 3.67. The fourth-order valence-electron chi connectivity index (χ4n) is 2.10. The summed E-state index contributed by atoms with van der Waals surface area (Å²) in [4.78, 5) is 0. The van der Waals surface area contributed by atoms with Gasteiger partial charge in [-0.25, -0.2) is 0 Å². The first kappa shape index (κ1) is 11.3. The fourth-order valence-corrected chi connectivity index (χ4v) is 2.10. The van der Waals surface area contributed by atoms with Gasteiger partial charge in [0.15, 0.2) is 0 Å². The molecular weight excluding hydrogens is 202 g/mol. The van der Waals surface area contributed by atoms with E-state index < -0.39 is 0 Å². The van der Waals surface area contributed by atoms with Crippen LogP contribution in [0.5, 0.6) is 11.5 Å². The zero-order valence-electron chi connectivity index (χ0n) is 9.79. The van der Waals surface area contributed by atoms with Crippen molar-refractivity contribution in [1.29, 1.82) is 0 Å². The number of aryl methyl sites for hydroxylation is 1. The molecule has 1 aliphatic rings. The van der Waals surface area contributed by atoms with Gasteiger partial charge < -0.3 is 15.2 Å². The molecular formula is C13H19NO2. The first-order valence-corrected chi connectivity index (χ1v) is 5.88. The predicted octanol–water partition coefficient (Wildman–Crippen LogP) is 1.91. The molecule has 0 spiro atoms. The third-order valence-corrected chi connectivity index (χ3v) is 2.99. The standard InChI is InChI=1S/C13H19NO2/c1-15-12-9-13-11(5-7-16-13)8-10(12)4-2-3-6-14/h8-9H,2-7,14H2,1H3. The van der Waals surface area contributed by atoms with Gasteiger partial charge in [0.05, 0.1) is 13.7 Å². The molecule has 0 saturated heterocycles. The minimum atomic E-state index is 0.760. The highest BCUT2D eigenvalue weighted by Gasteiger charge is 2.15. The minimum Gasteiger partial charge on any atom is -0.496 e. The van der Waals surface area contributed by atoms with Crippen LogP contribution in [0, 0.1) is 0 Å². The number of benzene rings is 1. The molecule has 0 atom stereocenters. The maximum Gasteiger partial charge on any atom is 0.126 e. The number of fused-ring (bicyclic) bond motifs is 1. The Balaban J connectivity index is 2.15. The topological polar surface area (TPSA) is 44.5 Å². The van der Waals surface area contributed by atoms with E-state index in [1.54, 1.807) is 7.11 Å². The first-order chi connectivity index (χ1) is 7.85. The number of hydrogen-bond donors (Lipinski definition) is 1. The quantitative estimate of drug-likeness (QED) is 0.772. The molecule has 0 aliphatic carbocycles. The molecule has 0 aromatic heterocycles. The number of methoxy groups -OCH3 is 1. The van der Waals surface area contributed by atoms with Crippen LogP contribution in [0.25, 0.3) is 0 Å². The highest BCUT2D eigenvalue weighted by molar-refractivity contribution is 5.48. The van der Waals surface area contributed by atoms with E-state index >= 15 is 0 Å². The van der Waals surface area contributed by atoms with E-state index in [1.807, 2.05) is 6.07 Å². The van der Waals surface area contributed by atoms with Crippen LogP contribution < -0.4 is 15.2 Å². The Morgan fingerprint density at radius 2 is 2.25 bits per heavy atom. The molecule has 0 radical (unpaired) electrons. The number of ether oxygens (including phenoxy) is 2. The van der Waals surface area contributed by atoms with Crippen molar-refractivity contribution in [2.75, 3.05) is 20.3 Å². The van der Waals surface area contributed by atoms with Gasteiger partial charge in [0.1, 0.15) is 11.5 Å². The fraction of sp³-hybridized carbons (Fsp3) is 0.538. The molecule has 0 fully saturated rings. The summed E-state index contributed by atoms with van der Waals surface area (Å²) >= 11 is 0. The summed E-state index contributed by atoms with van der Waals surface area (Å²) in [6, 6.07) is 4.23. The summed E-state index contributed by atoms with van der Waals surface area (Å²) in [5.41, 5.74) is 8.09. The molecule has 1 aliphatic heterocycles. The Morgan fingerprint density at radius 1 is 1.38 bits per heavy atom. The SMILES string of the molecule is COc1cc2c(cc1CCCCN)CCO2. The van der Waals surface area contributed by atoms with Crippen molar-refractivity contribution in [1.82, 2.24) is 0 Å². The second kappa shape index (κ2) is 5.21. The van der Waals surface area contributed by atoms with Crippen molar-refractivity contribution in [2.45, 2.75) is 25.7 Å². The van der Waals surface area contributed by atoms with Crippen LogP contribution in [0.15, 0.2) is 12.1 Å². The molecule has 0 unspecified atom stereocenters. The lowest BCUT2D eigenvalue weighted by atomic mass is 10.0. The molecule has 0 amide bonds. The molecule has 1 heterocycles. The normalized spacial score (nSPS) is 13.4. The lowest BCUT2D eigenvalue weighted by molar-refractivity contribution is 0.352. The van der Waals surface area contributed by atoms with E-state index in [4.69, 9.17) is 15.2 Å². The Labute approximate surface area is 96.5 Å². The van der Waals surface area contributed by atoms with E-state index in [0.717, 1.165) is 50.3 Å². The number of rotatable bonds is 5. The zero-order chi connectivity index (χ0) is 11.4. The summed E-state index contributed by atoms with van der Waals surface area (Å²) in [6.45, 7) is 1.56. The second-order valence-corrected chi connectivity index (χ2v) is 4.12. The smallest absolute Gasteiger partial charge is 0.126 e. The van der Waals surface area contributed by atoms with Gasteiger partial charge in [0.25, 0.3) is 0 Å². The highest BCUT2D eigenvalue weighted by atomic mass is 16.5. The lowest BCUT2D eigenvalue weighted by Crippen LogP contribution is -2.00. The van der Waals surface area contributed by atoms with Crippen LogP contribution in [0.3, 0.4) is 0 Å². The third kappa shape index (κ3) is 2.30.